The summed E-state index contributed by atoms with van der Waals surface area (Å²) in [6, 6.07) is 9.78. The van der Waals surface area contributed by atoms with Crippen molar-refractivity contribution in [2.45, 2.75) is 24.7 Å². The van der Waals surface area contributed by atoms with Crippen LogP contribution in [0.2, 0.25) is 0 Å². The van der Waals surface area contributed by atoms with Crippen molar-refractivity contribution in [3.63, 3.8) is 0 Å². The van der Waals surface area contributed by atoms with Gasteiger partial charge >= 0.3 is 0 Å². The first kappa shape index (κ1) is 22.3. The highest BCUT2D eigenvalue weighted by molar-refractivity contribution is 7.89. The van der Waals surface area contributed by atoms with Crippen LogP contribution in [0, 0.1) is 11.6 Å². The molecule has 2 aromatic rings. The molecule has 0 radical (unpaired) electrons. The van der Waals surface area contributed by atoms with Crippen LogP contribution in [0.4, 0.5) is 14.5 Å². The second-order valence-corrected chi connectivity index (χ2v) is 9.18. The Hall–Kier alpha value is -2.36. The van der Waals surface area contributed by atoms with E-state index in [0.29, 0.717) is 13.1 Å². The number of piperazine rings is 1. The van der Waals surface area contributed by atoms with Crippen molar-refractivity contribution < 1.29 is 22.0 Å². The molecule has 1 saturated heterocycles. The van der Waals surface area contributed by atoms with Gasteiger partial charge in [0.1, 0.15) is 11.6 Å². The lowest BCUT2D eigenvalue weighted by Crippen LogP contribution is -2.50. The number of hydrogen-bond acceptors (Lipinski definition) is 4. The summed E-state index contributed by atoms with van der Waals surface area (Å²) in [5, 5.41) is 2.35. The number of nitrogens with zero attached hydrogens (tertiary/aromatic N) is 2. The molecule has 1 aliphatic rings. The summed E-state index contributed by atoms with van der Waals surface area (Å²) in [5.41, 5.74) is 0.884. The van der Waals surface area contributed by atoms with Gasteiger partial charge in [0.05, 0.1) is 17.1 Å². The molecule has 30 heavy (non-hydrogen) atoms. The molecule has 1 heterocycles. The molecule has 162 valence electrons. The number of hydrogen-bond donors (Lipinski definition) is 1. The summed E-state index contributed by atoms with van der Waals surface area (Å²) in [4.78, 5) is 14.2. The second-order valence-electron chi connectivity index (χ2n) is 7.25. The molecular formula is C21H25F2N3O3S. The monoisotopic (exact) mass is 437 g/mol. The van der Waals surface area contributed by atoms with Crippen molar-refractivity contribution in [3.05, 3.63) is 59.7 Å². The standard InChI is InChI=1S/C21H25F2N3O3S/c1-2-3-16-4-7-18(8-5-16)30(28,29)26-12-10-25(11-13-26)15-21(27)24-20-14-17(22)6-9-19(20)23/h4-9,14H,2-3,10-13,15H2,1H3,(H,24,27). The Bertz CT molecular complexity index is 989. The molecule has 1 aliphatic heterocycles. The van der Waals surface area contributed by atoms with Crippen molar-refractivity contribution in [1.29, 1.82) is 0 Å². The fraction of sp³-hybridized carbons (Fsp3) is 0.381. The Morgan fingerprint density at radius 3 is 2.33 bits per heavy atom. The van der Waals surface area contributed by atoms with E-state index in [0.717, 1.165) is 36.6 Å². The van der Waals surface area contributed by atoms with Crippen LogP contribution >= 0.6 is 0 Å². The molecule has 3 rings (SSSR count). The molecule has 0 aromatic heterocycles. The number of carbonyl (C=O) groups excluding carboxylic acids is 1. The lowest BCUT2D eigenvalue weighted by molar-refractivity contribution is -0.117. The van der Waals surface area contributed by atoms with Gasteiger partial charge in [0, 0.05) is 32.2 Å². The van der Waals surface area contributed by atoms with E-state index in [1.165, 1.54) is 4.31 Å². The zero-order valence-electron chi connectivity index (χ0n) is 16.8. The van der Waals surface area contributed by atoms with E-state index >= 15 is 0 Å². The van der Waals surface area contributed by atoms with Crippen LogP contribution in [0.3, 0.4) is 0 Å². The molecule has 6 nitrogen and oxygen atoms in total. The highest BCUT2D eigenvalue weighted by Crippen LogP contribution is 2.19. The first-order chi connectivity index (χ1) is 14.3. The van der Waals surface area contributed by atoms with Crippen LogP contribution in [0.25, 0.3) is 0 Å². The molecule has 0 spiro atoms. The number of aryl methyl sites for hydroxylation is 1. The molecule has 0 unspecified atom stereocenters. The van der Waals surface area contributed by atoms with Gasteiger partial charge in [-0.15, -0.1) is 0 Å². The van der Waals surface area contributed by atoms with Crippen molar-refractivity contribution in [2.24, 2.45) is 0 Å². The number of sulfonamides is 1. The molecule has 9 heteroatoms. The van der Waals surface area contributed by atoms with Crippen LogP contribution in [-0.2, 0) is 21.2 Å². The predicted molar refractivity (Wildman–Crippen MR) is 111 cm³/mol. The minimum atomic E-state index is -3.59. The molecule has 0 aliphatic carbocycles. The second kappa shape index (κ2) is 9.63. The average Bonchev–Trinajstić information content (AvgIpc) is 2.72. The first-order valence-electron chi connectivity index (χ1n) is 9.86. The van der Waals surface area contributed by atoms with Crippen LogP contribution < -0.4 is 5.32 Å². The summed E-state index contributed by atoms with van der Waals surface area (Å²) < 4.78 is 54.0. The van der Waals surface area contributed by atoms with Gasteiger partial charge in [-0.05, 0) is 36.2 Å². The number of rotatable bonds is 7. The van der Waals surface area contributed by atoms with Crippen molar-refractivity contribution in [3.8, 4) is 0 Å². The predicted octanol–water partition coefficient (Wildman–Crippen LogP) is 2.86. The average molecular weight is 438 g/mol. The Morgan fingerprint density at radius 2 is 1.70 bits per heavy atom. The topological polar surface area (TPSA) is 69.7 Å². The van der Waals surface area contributed by atoms with E-state index in [9.17, 15) is 22.0 Å². The third kappa shape index (κ3) is 5.41. The van der Waals surface area contributed by atoms with Gasteiger partial charge in [-0.25, -0.2) is 17.2 Å². The van der Waals surface area contributed by atoms with E-state index < -0.39 is 27.6 Å². The third-order valence-corrected chi connectivity index (χ3v) is 6.91. The minimum absolute atomic E-state index is 0.0322. The van der Waals surface area contributed by atoms with Gasteiger partial charge in [0.15, 0.2) is 0 Å². The molecule has 1 N–H and O–H groups in total. The van der Waals surface area contributed by atoms with Crippen LogP contribution in [0.1, 0.15) is 18.9 Å². The molecule has 1 fully saturated rings. The summed E-state index contributed by atoms with van der Waals surface area (Å²) in [6.45, 7) is 3.27. The Kier molecular flexibility index (Phi) is 7.17. The van der Waals surface area contributed by atoms with Gasteiger partial charge in [-0.3, -0.25) is 9.69 Å². The van der Waals surface area contributed by atoms with Crippen LogP contribution in [0.5, 0.6) is 0 Å². The third-order valence-electron chi connectivity index (χ3n) is 5.00. The number of halogens is 2. The molecule has 0 saturated carbocycles. The maximum Gasteiger partial charge on any atom is 0.243 e. The van der Waals surface area contributed by atoms with Gasteiger partial charge in [0.25, 0.3) is 0 Å². The van der Waals surface area contributed by atoms with Crippen LogP contribution in [-0.4, -0.2) is 56.3 Å². The van der Waals surface area contributed by atoms with E-state index in [2.05, 4.69) is 12.2 Å². The van der Waals surface area contributed by atoms with E-state index in [-0.39, 0.29) is 30.2 Å². The lowest BCUT2D eigenvalue weighted by Gasteiger charge is -2.33. The zero-order valence-corrected chi connectivity index (χ0v) is 17.6. The lowest BCUT2D eigenvalue weighted by atomic mass is 10.1. The summed E-state index contributed by atoms with van der Waals surface area (Å²) in [5.74, 6) is -1.85. The van der Waals surface area contributed by atoms with Crippen LogP contribution in [0.15, 0.2) is 47.4 Å². The number of anilines is 1. The fourth-order valence-corrected chi connectivity index (χ4v) is 4.80. The molecule has 1 amide bonds. The van der Waals surface area contributed by atoms with E-state index in [1.54, 1.807) is 17.0 Å². The molecule has 0 bridgehead atoms. The highest BCUT2D eigenvalue weighted by atomic mass is 32.2. The Morgan fingerprint density at radius 1 is 1.03 bits per heavy atom. The van der Waals surface area contributed by atoms with Crippen molar-refractivity contribution in [2.75, 3.05) is 38.0 Å². The fourth-order valence-electron chi connectivity index (χ4n) is 3.38. The van der Waals surface area contributed by atoms with Gasteiger partial charge in [-0.1, -0.05) is 25.5 Å². The maximum absolute atomic E-state index is 13.7. The summed E-state index contributed by atoms with van der Waals surface area (Å²) >= 11 is 0. The number of carbonyl (C=O) groups is 1. The first-order valence-corrected chi connectivity index (χ1v) is 11.3. The summed E-state index contributed by atoms with van der Waals surface area (Å²) in [7, 11) is -3.59. The minimum Gasteiger partial charge on any atom is -0.322 e. The smallest absolute Gasteiger partial charge is 0.243 e. The van der Waals surface area contributed by atoms with Gasteiger partial charge in [0.2, 0.25) is 15.9 Å². The summed E-state index contributed by atoms with van der Waals surface area (Å²) in [6.07, 6.45) is 1.90. The molecular weight excluding hydrogens is 412 g/mol. The largest absolute Gasteiger partial charge is 0.322 e. The highest BCUT2D eigenvalue weighted by Gasteiger charge is 2.29. The van der Waals surface area contributed by atoms with E-state index in [1.807, 2.05) is 12.1 Å². The SMILES string of the molecule is CCCc1ccc(S(=O)(=O)N2CCN(CC(=O)Nc3cc(F)ccc3F)CC2)cc1. The molecule has 0 atom stereocenters. The normalized spacial score (nSPS) is 15.8. The number of amides is 1. The molecule has 2 aromatic carbocycles. The van der Waals surface area contributed by atoms with Crippen molar-refractivity contribution in [1.82, 2.24) is 9.21 Å². The Labute approximate surface area is 175 Å². The van der Waals surface area contributed by atoms with E-state index in [4.69, 9.17) is 0 Å². The number of benzene rings is 2. The maximum atomic E-state index is 13.7. The van der Waals surface area contributed by atoms with Gasteiger partial charge in [-0.2, -0.15) is 4.31 Å². The zero-order chi connectivity index (χ0) is 21.7. The van der Waals surface area contributed by atoms with Crippen molar-refractivity contribution >= 4 is 21.6 Å². The Balaban J connectivity index is 1.54. The van der Waals surface area contributed by atoms with Gasteiger partial charge < -0.3 is 5.32 Å². The quantitative estimate of drug-likeness (QED) is 0.723. The number of nitrogens with one attached hydrogen (secondary N) is 1.